The molecular weight excluding hydrogens is 482 g/mol. The highest BCUT2D eigenvalue weighted by molar-refractivity contribution is 5.91. The summed E-state index contributed by atoms with van der Waals surface area (Å²) in [6, 6.07) is 24.2. The predicted molar refractivity (Wildman–Crippen MR) is 147 cm³/mol. The third-order valence-corrected chi connectivity index (χ3v) is 6.60. The normalized spacial score (nSPS) is 13.4. The van der Waals surface area contributed by atoms with Crippen molar-refractivity contribution < 1.29 is 14.3 Å². The van der Waals surface area contributed by atoms with Crippen LogP contribution in [-0.2, 0) is 16.1 Å². The van der Waals surface area contributed by atoms with Gasteiger partial charge in [0, 0.05) is 42.9 Å². The molecule has 1 aromatic heterocycles. The second-order valence-electron chi connectivity index (χ2n) is 9.16. The van der Waals surface area contributed by atoms with Crippen LogP contribution < -0.4 is 20.5 Å². The average molecular weight is 512 g/mol. The lowest BCUT2D eigenvalue weighted by molar-refractivity contribution is -0.133. The molecule has 4 aromatic rings. The summed E-state index contributed by atoms with van der Waals surface area (Å²) < 4.78 is 6.86. The summed E-state index contributed by atoms with van der Waals surface area (Å²) in [5.74, 6) is 0.105. The summed E-state index contributed by atoms with van der Waals surface area (Å²) in [4.78, 5) is 42.0. The van der Waals surface area contributed by atoms with Crippen molar-refractivity contribution in [3.05, 3.63) is 94.9 Å². The number of hydrogen-bond donors (Lipinski definition) is 1. The van der Waals surface area contributed by atoms with E-state index in [1.165, 1.54) is 10.4 Å². The Balaban J connectivity index is 1.11. The topological polar surface area (TPSA) is 96.8 Å². The molecule has 9 heteroatoms. The van der Waals surface area contributed by atoms with Crippen LogP contribution in [0, 0.1) is 6.92 Å². The van der Waals surface area contributed by atoms with Gasteiger partial charge in [0.15, 0.2) is 6.61 Å². The largest absolute Gasteiger partial charge is 0.484 e. The Morgan fingerprint density at radius 3 is 2.24 bits per heavy atom. The molecular formula is C29H29N5O4. The van der Waals surface area contributed by atoms with Crippen molar-refractivity contribution in [2.45, 2.75) is 13.5 Å². The predicted octanol–water partition coefficient (Wildman–Crippen LogP) is 3.07. The zero-order valence-corrected chi connectivity index (χ0v) is 21.2. The summed E-state index contributed by atoms with van der Waals surface area (Å²) in [6.45, 7) is 4.43. The van der Waals surface area contributed by atoms with Gasteiger partial charge in [-0.2, -0.15) is 5.10 Å². The van der Waals surface area contributed by atoms with E-state index in [0.29, 0.717) is 35.6 Å². The van der Waals surface area contributed by atoms with E-state index in [2.05, 4.69) is 27.4 Å². The molecule has 0 unspecified atom stereocenters. The van der Waals surface area contributed by atoms with Gasteiger partial charge in [-0.05, 0) is 49.4 Å². The van der Waals surface area contributed by atoms with Gasteiger partial charge in [0.1, 0.15) is 12.3 Å². The van der Waals surface area contributed by atoms with Crippen molar-refractivity contribution in [3.63, 3.8) is 0 Å². The van der Waals surface area contributed by atoms with E-state index in [-0.39, 0.29) is 30.5 Å². The van der Waals surface area contributed by atoms with E-state index in [1.54, 1.807) is 36.4 Å². The Hall–Kier alpha value is -4.66. The van der Waals surface area contributed by atoms with E-state index in [4.69, 9.17) is 4.74 Å². The summed E-state index contributed by atoms with van der Waals surface area (Å²) >= 11 is 0. The maximum absolute atomic E-state index is 12.7. The minimum Gasteiger partial charge on any atom is -0.484 e. The Labute approximate surface area is 220 Å². The molecule has 9 nitrogen and oxygen atoms in total. The number of rotatable bonds is 7. The number of benzene rings is 3. The zero-order valence-electron chi connectivity index (χ0n) is 21.2. The molecule has 5 rings (SSSR count). The van der Waals surface area contributed by atoms with E-state index < -0.39 is 0 Å². The quantitative estimate of drug-likeness (QED) is 0.410. The summed E-state index contributed by atoms with van der Waals surface area (Å²) in [7, 11) is 0. The number of aryl methyl sites for hydroxylation is 1. The third kappa shape index (κ3) is 5.67. The van der Waals surface area contributed by atoms with Crippen LogP contribution in [0.5, 0.6) is 5.75 Å². The maximum atomic E-state index is 12.7. The number of para-hydroxylation sites is 1. The monoisotopic (exact) mass is 511 g/mol. The maximum Gasteiger partial charge on any atom is 0.275 e. The molecule has 1 aliphatic heterocycles. The number of anilines is 2. The van der Waals surface area contributed by atoms with Gasteiger partial charge in [0.25, 0.3) is 11.5 Å². The van der Waals surface area contributed by atoms with Crippen LogP contribution in [0.4, 0.5) is 11.4 Å². The van der Waals surface area contributed by atoms with Crippen LogP contribution in [0.1, 0.15) is 5.69 Å². The summed E-state index contributed by atoms with van der Waals surface area (Å²) in [6.07, 6.45) is 0. The molecule has 0 saturated carbocycles. The van der Waals surface area contributed by atoms with Gasteiger partial charge >= 0.3 is 0 Å². The Morgan fingerprint density at radius 1 is 0.868 bits per heavy atom. The van der Waals surface area contributed by atoms with Gasteiger partial charge in [-0.3, -0.25) is 14.4 Å². The smallest absolute Gasteiger partial charge is 0.275 e. The highest BCUT2D eigenvalue weighted by Crippen LogP contribution is 2.18. The number of fused-ring (bicyclic) bond motifs is 1. The molecule has 0 aliphatic carbocycles. The highest BCUT2D eigenvalue weighted by Gasteiger charge is 2.21. The number of nitrogens with zero attached hydrogens (tertiary/aromatic N) is 4. The first kappa shape index (κ1) is 25.0. The summed E-state index contributed by atoms with van der Waals surface area (Å²) in [5, 5.41) is 8.36. The van der Waals surface area contributed by atoms with Crippen LogP contribution in [0.3, 0.4) is 0 Å². The molecule has 2 amide bonds. The number of hydrogen-bond acceptors (Lipinski definition) is 6. The van der Waals surface area contributed by atoms with E-state index in [9.17, 15) is 14.4 Å². The van der Waals surface area contributed by atoms with Gasteiger partial charge in [0.2, 0.25) is 5.91 Å². The molecule has 0 spiro atoms. The van der Waals surface area contributed by atoms with Gasteiger partial charge < -0.3 is 19.9 Å². The number of carbonyl (C=O) groups excluding carboxylic acids is 2. The zero-order chi connectivity index (χ0) is 26.5. The van der Waals surface area contributed by atoms with E-state index >= 15 is 0 Å². The summed E-state index contributed by atoms with van der Waals surface area (Å²) in [5.41, 5.74) is 2.09. The molecule has 38 heavy (non-hydrogen) atoms. The second kappa shape index (κ2) is 11.2. The molecule has 1 N–H and O–H groups in total. The van der Waals surface area contributed by atoms with E-state index in [1.807, 2.05) is 42.2 Å². The van der Waals surface area contributed by atoms with Crippen LogP contribution >= 0.6 is 0 Å². The SMILES string of the molecule is Cc1nn(CC(=O)Nc2ccc(OCC(=O)N3CCN(c4ccccc4)CC3)cc2)c(=O)c2ccccc12. The average Bonchev–Trinajstić information content (AvgIpc) is 2.96. The number of carbonyl (C=O) groups is 2. The van der Waals surface area contributed by atoms with Gasteiger partial charge in [0.05, 0.1) is 11.1 Å². The van der Waals surface area contributed by atoms with Crippen LogP contribution in [-0.4, -0.2) is 59.3 Å². The number of aromatic nitrogens is 2. The molecule has 2 heterocycles. The van der Waals surface area contributed by atoms with Crippen molar-refractivity contribution in [2.24, 2.45) is 0 Å². The lowest BCUT2D eigenvalue weighted by Crippen LogP contribution is -2.50. The van der Waals surface area contributed by atoms with Crippen molar-refractivity contribution >= 4 is 34.0 Å². The Bertz CT molecular complexity index is 1490. The van der Waals surface area contributed by atoms with E-state index in [0.717, 1.165) is 18.5 Å². The van der Waals surface area contributed by atoms with Crippen molar-refractivity contribution in [1.82, 2.24) is 14.7 Å². The molecule has 3 aromatic carbocycles. The second-order valence-corrected chi connectivity index (χ2v) is 9.16. The lowest BCUT2D eigenvalue weighted by Gasteiger charge is -2.36. The minimum absolute atomic E-state index is 0.0487. The standard InChI is InChI=1S/C29H29N5O4/c1-21-25-9-5-6-10-26(25)29(37)34(31-21)19-27(35)30-22-11-13-24(14-12-22)38-20-28(36)33-17-15-32(16-18-33)23-7-3-2-4-8-23/h2-14H,15-20H2,1H3,(H,30,35). The molecule has 1 fully saturated rings. The number of amides is 2. The van der Waals surface area contributed by atoms with Gasteiger partial charge in [-0.25, -0.2) is 4.68 Å². The minimum atomic E-state index is -0.368. The first-order valence-corrected chi connectivity index (χ1v) is 12.5. The fourth-order valence-electron chi connectivity index (χ4n) is 4.57. The molecule has 0 radical (unpaired) electrons. The first-order chi connectivity index (χ1) is 18.5. The fourth-order valence-corrected chi connectivity index (χ4v) is 4.57. The Morgan fingerprint density at radius 2 is 1.53 bits per heavy atom. The number of piperazine rings is 1. The van der Waals surface area contributed by atoms with Crippen LogP contribution in [0.15, 0.2) is 83.7 Å². The number of ether oxygens (including phenoxy) is 1. The van der Waals surface area contributed by atoms with Crippen molar-refractivity contribution in [2.75, 3.05) is 43.0 Å². The van der Waals surface area contributed by atoms with Gasteiger partial charge in [-0.1, -0.05) is 36.4 Å². The molecule has 0 atom stereocenters. The number of nitrogens with one attached hydrogen (secondary N) is 1. The fraction of sp³-hybridized carbons (Fsp3) is 0.241. The third-order valence-electron chi connectivity index (χ3n) is 6.60. The molecule has 0 bridgehead atoms. The Kier molecular flexibility index (Phi) is 7.35. The van der Waals surface area contributed by atoms with Crippen molar-refractivity contribution in [1.29, 1.82) is 0 Å². The van der Waals surface area contributed by atoms with Crippen LogP contribution in [0.25, 0.3) is 10.8 Å². The van der Waals surface area contributed by atoms with Gasteiger partial charge in [-0.15, -0.1) is 0 Å². The van der Waals surface area contributed by atoms with Crippen LogP contribution in [0.2, 0.25) is 0 Å². The highest BCUT2D eigenvalue weighted by atomic mass is 16.5. The van der Waals surface area contributed by atoms with Crippen molar-refractivity contribution in [3.8, 4) is 5.75 Å². The lowest BCUT2D eigenvalue weighted by atomic mass is 10.1. The first-order valence-electron chi connectivity index (χ1n) is 12.5. The molecule has 194 valence electrons. The molecule has 1 saturated heterocycles. The molecule has 1 aliphatic rings.